The SMILES string of the molecule is CCC(NS(=O)(=O)c1ccc(CO)cc1Br)c1nccs1. The van der Waals surface area contributed by atoms with Gasteiger partial charge in [0.15, 0.2) is 0 Å². The standard InChI is InChI=1S/C13H15BrN2O3S2/c1-2-11(13-15-5-6-20-13)16-21(18,19)12-4-3-9(8-17)7-10(12)14/h3-7,11,16-17H,2,8H2,1H3. The molecule has 2 N–H and O–H groups in total. The number of nitrogens with zero attached hydrogens (tertiary/aromatic N) is 1. The summed E-state index contributed by atoms with van der Waals surface area (Å²) in [6.45, 7) is 1.77. The fraction of sp³-hybridized carbons (Fsp3) is 0.308. The van der Waals surface area contributed by atoms with Crippen LogP contribution < -0.4 is 4.72 Å². The molecule has 1 aromatic heterocycles. The van der Waals surface area contributed by atoms with Crippen LogP contribution in [0.5, 0.6) is 0 Å². The number of hydrogen-bond donors (Lipinski definition) is 2. The summed E-state index contributed by atoms with van der Waals surface area (Å²) in [5.74, 6) is 0. The predicted octanol–water partition coefficient (Wildman–Crippen LogP) is 2.83. The fourth-order valence-electron chi connectivity index (χ4n) is 1.83. The Balaban J connectivity index is 2.29. The molecule has 1 aromatic carbocycles. The van der Waals surface area contributed by atoms with Crippen molar-refractivity contribution in [3.05, 3.63) is 44.8 Å². The molecular formula is C13H15BrN2O3S2. The van der Waals surface area contributed by atoms with E-state index in [2.05, 4.69) is 25.6 Å². The Morgan fingerprint density at radius 1 is 1.48 bits per heavy atom. The van der Waals surface area contributed by atoms with E-state index in [1.807, 2.05) is 12.3 Å². The molecule has 1 atom stereocenters. The number of rotatable bonds is 6. The highest BCUT2D eigenvalue weighted by Gasteiger charge is 2.23. The fourth-order valence-corrected chi connectivity index (χ4v) is 5.08. The molecule has 0 aliphatic heterocycles. The monoisotopic (exact) mass is 390 g/mol. The second-order valence-corrected chi connectivity index (χ2v) is 7.84. The molecule has 2 aromatic rings. The molecule has 0 saturated heterocycles. The van der Waals surface area contributed by atoms with Crippen molar-refractivity contribution in [1.29, 1.82) is 0 Å². The first-order chi connectivity index (χ1) is 9.97. The lowest BCUT2D eigenvalue weighted by molar-refractivity contribution is 0.281. The molecule has 0 spiro atoms. The number of aliphatic hydroxyl groups excluding tert-OH is 1. The van der Waals surface area contributed by atoms with Gasteiger partial charge in [0.1, 0.15) is 5.01 Å². The van der Waals surface area contributed by atoms with Gasteiger partial charge >= 0.3 is 0 Å². The van der Waals surface area contributed by atoms with Gasteiger partial charge < -0.3 is 5.11 Å². The highest BCUT2D eigenvalue weighted by molar-refractivity contribution is 9.10. The molecular weight excluding hydrogens is 376 g/mol. The number of aliphatic hydroxyl groups is 1. The maximum absolute atomic E-state index is 12.5. The topological polar surface area (TPSA) is 79.3 Å². The minimum absolute atomic E-state index is 0.136. The summed E-state index contributed by atoms with van der Waals surface area (Å²) >= 11 is 4.66. The number of aromatic nitrogens is 1. The molecule has 1 unspecified atom stereocenters. The number of nitrogens with one attached hydrogen (secondary N) is 1. The average Bonchev–Trinajstić information content (AvgIpc) is 2.98. The van der Waals surface area contributed by atoms with E-state index in [9.17, 15) is 8.42 Å². The molecule has 2 rings (SSSR count). The molecule has 114 valence electrons. The molecule has 0 saturated carbocycles. The van der Waals surface area contributed by atoms with Gasteiger partial charge in [-0.1, -0.05) is 13.0 Å². The lowest BCUT2D eigenvalue weighted by Crippen LogP contribution is -2.28. The zero-order valence-corrected chi connectivity index (χ0v) is 14.5. The van der Waals surface area contributed by atoms with Crippen molar-refractivity contribution < 1.29 is 13.5 Å². The zero-order valence-electron chi connectivity index (χ0n) is 11.3. The van der Waals surface area contributed by atoms with Crippen molar-refractivity contribution in [2.45, 2.75) is 30.9 Å². The molecule has 0 aliphatic rings. The van der Waals surface area contributed by atoms with Crippen molar-refractivity contribution in [3.63, 3.8) is 0 Å². The summed E-state index contributed by atoms with van der Waals surface area (Å²) in [7, 11) is -3.67. The van der Waals surface area contributed by atoms with Crippen LogP contribution in [0.1, 0.15) is 30.0 Å². The van der Waals surface area contributed by atoms with E-state index >= 15 is 0 Å². The van der Waals surface area contributed by atoms with Crippen LogP contribution in [0.25, 0.3) is 0 Å². The van der Waals surface area contributed by atoms with E-state index in [4.69, 9.17) is 5.11 Å². The molecule has 1 heterocycles. The Morgan fingerprint density at radius 2 is 2.24 bits per heavy atom. The molecule has 0 fully saturated rings. The van der Waals surface area contributed by atoms with Gasteiger partial charge in [-0.05, 0) is 40.0 Å². The Kier molecular flexibility index (Phi) is 5.50. The van der Waals surface area contributed by atoms with Crippen molar-refractivity contribution in [2.24, 2.45) is 0 Å². The molecule has 0 aliphatic carbocycles. The van der Waals surface area contributed by atoms with E-state index in [0.29, 0.717) is 16.5 Å². The van der Waals surface area contributed by atoms with Crippen LogP contribution in [0.2, 0.25) is 0 Å². The number of halogens is 1. The van der Waals surface area contributed by atoms with Gasteiger partial charge in [-0.3, -0.25) is 0 Å². The molecule has 5 nitrogen and oxygen atoms in total. The molecule has 8 heteroatoms. The first-order valence-corrected chi connectivity index (χ1v) is 9.44. The van der Waals surface area contributed by atoms with Crippen LogP contribution in [-0.2, 0) is 16.6 Å². The van der Waals surface area contributed by atoms with Crippen molar-refractivity contribution in [3.8, 4) is 0 Å². The van der Waals surface area contributed by atoms with Gasteiger partial charge in [0.05, 0.1) is 17.5 Å². The van der Waals surface area contributed by atoms with E-state index in [0.717, 1.165) is 5.01 Å². The van der Waals surface area contributed by atoms with Crippen LogP contribution in [0, 0.1) is 0 Å². The third kappa shape index (κ3) is 3.89. The van der Waals surface area contributed by atoms with Gasteiger partial charge in [0, 0.05) is 16.0 Å². The number of hydrogen-bond acceptors (Lipinski definition) is 5. The molecule has 0 radical (unpaired) electrons. The van der Waals surface area contributed by atoms with Crippen molar-refractivity contribution in [1.82, 2.24) is 9.71 Å². The second kappa shape index (κ2) is 6.97. The van der Waals surface area contributed by atoms with E-state index in [1.165, 1.54) is 17.4 Å². The van der Waals surface area contributed by atoms with Crippen molar-refractivity contribution in [2.75, 3.05) is 0 Å². The maximum Gasteiger partial charge on any atom is 0.242 e. The minimum Gasteiger partial charge on any atom is -0.392 e. The lowest BCUT2D eigenvalue weighted by Gasteiger charge is -2.16. The molecule has 21 heavy (non-hydrogen) atoms. The Hall–Kier alpha value is -0.800. The third-order valence-corrected chi connectivity index (χ3v) is 6.26. The van der Waals surface area contributed by atoms with Crippen molar-refractivity contribution >= 4 is 37.3 Å². The van der Waals surface area contributed by atoms with Gasteiger partial charge in [0.2, 0.25) is 10.0 Å². The first kappa shape index (κ1) is 16.6. The number of benzene rings is 1. The minimum atomic E-state index is -3.67. The van der Waals surface area contributed by atoms with Crippen LogP contribution in [0.4, 0.5) is 0 Å². The van der Waals surface area contributed by atoms with E-state index < -0.39 is 10.0 Å². The van der Waals surface area contributed by atoms with Gasteiger partial charge in [-0.15, -0.1) is 11.3 Å². The average molecular weight is 391 g/mol. The highest BCUT2D eigenvalue weighted by Crippen LogP contribution is 2.26. The Bertz CT molecular complexity index is 702. The van der Waals surface area contributed by atoms with E-state index in [1.54, 1.807) is 18.3 Å². The molecule has 0 bridgehead atoms. The Morgan fingerprint density at radius 3 is 2.76 bits per heavy atom. The predicted molar refractivity (Wildman–Crippen MR) is 85.5 cm³/mol. The lowest BCUT2D eigenvalue weighted by atomic mass is 10.2. The van der Waals surface area contributed by atoms with Gasteiger partial charge in [-0.25, -0.2) is 18.1 Å². The van der Waals surface area contributed by atoms with E-state index in [-0.39, 0.29) is 17.5 Å². The normalized spacial score (nSPS) is 13.3. The largest absolute Gasteiger partial charge is 0.392 e. The maximum atomic E-state index is 12.5. The second-order valence-electron chi connectivity index (χ2n) is 4.38. The number of thiazole rings is 1. The molecule has 0 amide bonds. The summed E-state index contributed by atoms with van der Waals surface area (Å²) in [6, 6.07) is 4.31. The summed E-state index contributed by atoms with van der Waals surface area (Å²) < 4.78 is 28.1. The van der Waals surface area contributed by atoms with Gasteiger partial charge in [-0.2, -0.15) is 0 Å². The summed E-state index contributed by atoms with van der Waals surface area (Å²) in [6.07, 6.45) is 2.27. The van der Waals surface area contributed by atoms with Crippen LogP contribution in [0.15, 0.2) is 39.1 Å². The zero-order chi connectivity index (χ0) is 15.5. The summed E-state index contributed by atoms with van der Waals surface area (Å²) in [5.41, 5.74) is 0.646. The summed E-state index contributed by atoms with van der Waals surface area (Å²) in [4.78, 5) is 4.31. The summed E-state index contributed by atoms with van der Waals surface area (Å²) in [5, 5.41) is 11.6. The number of sulfonamides is 1. The quantitative estimate of drug-likeness (QED) is 0.794. The smallest absolute Gasteiger partial charge is 0.242 e. The van der Waals surface area contributed by atoms with Crippen LogP contribution in [-0.4, -0.2) is 18.5 Å². The first-order valence-electron chi connectivity index (χ1n) is 6.29. The highest BCUT2D eigenvalue weighted by atomic mass is 79.9. The third-order valence-electron chi connectivity index (χ3n) is 2.92. The van der Waals surface area contributed by atoms with Crippen LogP contribution >= 0.6 is 27.3 Å². The van der Waals surface area contributed by atoms with Gasteiger partial charge in [0.25, 0.3) is 0 Å². The Labute approximate surface area is 136 Å². The van der Waals surface area contributed by atoms with Crippen LogP contribution in [0.3, 0.4) is 0 Å².